The van der Waals surface area contributed by atoms with Crippen molar-refractivity contribution in [2.75, 3.05) is 11.1 Å². The van der Waals surface area contributed by atoms with Crippen LogP contribution in [0.1, 0.15) is 0 Å². The van der Waals surface area contributed by atoms with E-state index in [1.807, 2.05) is 54.7 Å². The van der Waals surface area contributed by atoms with Gasteiger partial charge in [-0.3, -0.25) is 4.98 Å². The number of pyridine rings is 1. The van der Waals surface area contributed by atoms with E-state index in [0.29, 0.717) is 5.82 Å². The molecule has 0 saturated heterocycles. The Labute approximate surface area is 167 Å². The number of anilines is 3. The van der Waals surface area contributed by atoms with Gasteiger partial charge in [-0.05, 0) is 57.9 Å². The van der Waals surface area contributed by atoms with Crippen LogP contribution < -0.4 is 11.1 Å². The van der Waals surface area contributed by atoms with Crippen LogP contribution in [0.5, 0.6) is 0 Å². The molecule has 2 aromatic heterocycles. The number of aromatic nitrogens is 3. The molecule has 4 aromatic rings. The van der Waals surface area contributed by atoms with Gasteiger partial charge in [-0.1, -0.05) is 28.1 Å². The number of fused-ring (bicyclic) bond motifs is 1. The summed E-state index contributed by atoms with van der Waals surface area (Å²) in [5.74, 6) is 0.891. The summed E-state index contributed by atoms with van der Waals surface area (Å²) in [7, 11) is 0. The Bertz CT molecular complexity index is 1110. The molecule has 4 rings (SSSR count). The first-order valence-corrected chi connectivity index (χ1v) is 9.38. The summed E-state index contributed by atoms with van der Waals surface area (Å²) in [5.41, 5.74) is 9.61. The summed E-state index contributed by atoms with van der Waals surface area (Å²) < 4.78 is 1.91. The normalized spacial score (nSPS) is 10.8. The lowest BCUT2D eigenvalue weighted by Gasteiger charge is -2.11. The Hall–Kier alpha value is -2.51. The Morgan fingerprint density at radius 1 is 0.846 bits per heavy atom. The van der Waals surface area contributed by atoms with E-state index in [0.717, 1.165) is 36.7 Å². The number of nitrogens with two attached hydrogens (primary N) is 1. The smallest absolute Gasteiger partial charge is 0.222 e. The molecule has 7 heteroatoms. The van der Waals surface area contributed by atoms with Crippen molar-refractivity contribution < 1.29 is 0 Å². The molecule has 2 heterocycles. The summed E-state index contributed by atoms with van der Waals surface area (Å²) in [4.78, 5) is 13.0. The van der Waals surface area contributed by atoms with Crippen LogP contribution in [-0.4, -0.2) is 15.0 Å². The van der Waals surface area contributed by atoms with Gasteiger partial charge in [-0.2, -0.15) is 4.98 Å². The quantitative estimate of drug-likeness (QED) is 0.410. The molecule has 3 N–H and O–H groups in total. The topological polar surface area (TPSA) is 76.7 Å². The fraction of sp³-hybridized carbons (Fsp3) is 0. The summed E-state index contributed by atoms with van der Waals surface area (Å²) >= 11 is 6.94. The summed E-state index contributed by atoms with van der Waals surface area (Å²) in [5, 5.41) is 4.22. The molecular formula is C19H13Br2N5. The van der Waals surface area contributed by atoms with Crippen molar-refractivity contribution >= 4 is 60.2 Å². The third-order valence-corrected chi connectivity index (χ3v) is 4.77. The SMILES string of the molecule is Nc1nc(Nc2cccc(Br)c2)c2cc(-c3cncc(Br)c3)ccc2n1. The molecule has 2 aromatic carbocycles. The fourth-order valence-corrected chi connectivity index (χ4v) is 3.46. The second-order valence-corrected chi connectivity index (χ2v) is 7.52. The van der Waals surface area contributed by atoms with Crippen molar-refractivity contribution in [1.82, 2.24) is 15.0 Å². The average Bonchev–Trinajstić information content (AvgIpc) is 2.61. The van der Waals surface area contributed by atoms with Gasteiger partial charge in [0.2, 0.25) is 5.95 Å². The van der Waals surface area contributed by atoms with E-state index in [4.69, 9.17) is 5.73 Å². The molecule has 0 atom stereocenters. The first-order valence-electron chi connectivity index (χ1n) is 7.79. The van der Waals surface area contributed by atoms with Gasteiger partial charge < -0.3 is 11.1 Å². The van der Waals surface area contributed by atoms with Gasteiger partial charge in [0.15, 0.2) is 0 Å². The zero-order valence-corrected chi connectivity index (χ0v) is 16.6. The van der Waals surface area contributed by atoms with E-state index >= 15 is 0 Å². The highest BCUT2D eigenvalue weighted by molar-refractivity contribution is 9.10. The third kappa shape index (κ3) is 3.54. The highest BCUT2D eigenvalue weighted by Crippen LogP contribution is 2.30. The summed E-state index contributed by atoms with van der Waals surface area (Å²) in [6.45, 7) is 0. The van der Waals surface area contributed by atoms with Crippen molar-refractivity contribution in [1.29, 1.82) is 0 Å². The lowest BCUT2D eigenvalue weighted by molar-refractivity contribution is 1.23. The van der Waals surface area contributed by atoms with Crippen LogP contribution in [0.15, 0.2) is 69.9 Å². The van der Waals surface area contributed by atoms with Crippen molar-refractivity contribution in [3.63, 3.8) is 0 Å². The largest absolute Gasteiger partial charge is 0.368 e. The number of nitrogens with one attached hydrogen (secondary N) is 1. The number of hydrogen-bond acceptors (Lipinski definition) is 5. The van der Waals surface area contributed by atoms with Crippen LogP contribution in [0.3, 0.4) is 0 Å². The van der Waals surface area contributed by atoms with Gasteiger partial charge in [0.25, 0.3) is 0 Å². The number of hydrogen-bond donors (Lipinski definition) is 2. The Balaban J connectivity index is 1.84. The van der Waals surface area contributed by atoms with Crippen LogP contribution in [0.2, 0.25) is 0 Å². The molecular weight excluding hydrogens is 458 g/mol. The molecule has 0 aliphatic heterocycles. The standard InChI is InChI=1S/C19H13Br2N5/c20-13-2-1-3-15(8-13)24-18-16-7-11(12-6-14(21)10-23-9-12)4-5-17(16)25-19(22)26-18/h1-10H,(H3,22,24,25,26). The van der Waals surface area contributed by atoms with Crippen LogP contribution in [0.4, 0.5) is 17.5 Å². The number of benzene rings is 2. The van der Waals surface area contributed by atoms with Crippen LogP contribution in [-0.2, 0) is 0 Å². The second-order valence-electron chi connectivity index (χ2n) is 5.69. The molecule has 0 bridgehead atoms. The minimum absolute atomic E-state index is 0.229. The maximum atomic E-state index is 5.89. The van der Waals surface area contributed by atoms with Crippen LogP contribution in [0, 0.1) is 0 Å². The number of nitrogen functional groups attached to an aromatic ring is 1. The first-order chi connectivity index (χ1) is 12.6. The maximum absolute atomic E-state index is 5.89. The van der Waals surface area contributed by atoms with E-state index in [1.165, 1.54) is 0 Å². The van der Waals surface area contributed by atoms with Gasteiger partial charge >= 0.3 is 0 Å². The Kier molecular flexibility index (Phi) is 4.57. The molecule has 0 radical (unpaired) electrons. The molecule has 0 aliphatic carbocycles. The van der Waals surface area contributed by atoms with Crippen LogP contribution >= 0.6 is 31.9 Å². The number of nitrogens with zero attached hydrogens (tertiary/aromatic N) is 3. The Morgan fingerprint density at radius 2 is 1.73 bits per heavy atom. The summed E-state index contributed by atoms with van der Waals surface area (Å²) in [6.07, 6.45) is 3.58. The number of halogens is 2. The van der Waals surface area contributed by atoms with E-state index in [-0.39, 0.29) is 5.95 Å². The predicted octanol–water partition coefficient (Wildman–Crippen LogP) is 5.54. The van der Waals surface area contributed by atoms with E-state index < -0.39 is 0 Å². The lowest BCUT2D eigenvalue weighted by Crippen LogP contribution is -2.01. The second kappa shape index (κ2) is 7.01. The van der Waals surface area contributed by atoms with Crippen molar-refractivity contribution in [2.45, 2.75) is 0 Å². The maximum Gasteiger partial charge on any atom is 0.222 e. The minimum atomic E-state index is 0.229. The highest BCUT2D eigenvalue weighted by atomic mass is 79.9. The van der Waals surface area contributed by atoms with E-state index in [9.17, 15) is 0 Å². The molecule has 0 fully saturated rings. The molecule has 0 amide bonds. The summed E-state index contributed by atoms with van der Waals surface area (Å²) in [6, 6.07) is 15.9. The molecule has 5 nitrogen and oxygen atoms in total. The minimum Gasteiger partial charge on any atom is -0.368 e. The Morgan fingerprint density at radius 3 is 2.54 bits per heavy atom. The van der Waals surface area contributed by atoms with Crippen LogP contribution in [0.25, 0.3) is 22.0 Å². The molecule has 128 valence electrons. The van der Waals surface area contributed by atoms with E-state index in [2.05, 4.69) is 52.1 Å². The van der Waals surface area contributed by atoms with Crippen molar-refractivity contribution in [2.24, 2.45) is 0 Å². The molecule has 0 aliphatic rings. The zero-order valence-electron chi connectivity index (χ0n) is 13.4. The number of rotatable bonds is 3. The predicted molar refractivity (Wildman–Crippen MR) is 112 cm³/mol. The monoisotopic (exact) mass is 469 g/mol. The van der Waals surface area contributed by atoms with Crippen molar-refractivity contribution in [3.05, 3.63) is 69.9 Å². The zero-order chi connectivity index (χ0) is 18.1. The van der Waals surface area contributed by atoms with Gasteiger partial charge in [0, 0.05) is 38.0 Å². The fourth-order valence-electron chi connectivity index (χ4n) is 2.69. The average molecular weight is 471 g/mol. The molecule has 26 heavy (non-hydrogen) atoms. The van der Waals surface area contributed by atoms with Gasteiger partial charge in [0.05, 0.1) is 5.52 Å². The molecule has 0 unspecified atom stereocenters. The first kappa shape index (κ1) is 16.9. The lowest BCUT2D eigenvalue weighted by atomic mass is 10.1. The van der Waals surface area contributed by atoms with E-state index in [1.54, 1.807) is 6.20 Å². The highest BCUT2D eigenvalue weighted by Gasteiger charge is 2.09. The molecule has 0 spiro atoms. The third-order valence-electron chi connectivity index (χ3n) is 3.84. The van der Waals surface area contributed by atoms with Gasteiger partial charge in [0.1, 0.15) is 5.82 Å². The molecule has 0 saturated carbocycles. The van der Waals surface area contributed by atoms with Gasteiger partial charge in [-0.15, -0.1) is 0 Å². The van der Waals surface area contributed by atoms with Crippen molar-refractivity contribution in [3.8, 4) is 11.1 Å². The van der Waals surface area contributed by atoms with Gasteiger partial charge in [-0.25, -0.2) is 4.98 Å².